The van der Waals surface area contributed by atoms with Gasteiger partial charge in [0, 0.05) is 0 Å². The fourth-order valence-electron chi connectivity index (χ4n) is 1.22. The zero-order chi connectivity index (χ0) is 9.42. The average molecular weight is 177 g/mol. The van der Waals surface area contributed by atoms with E-state index in [0.717, 1.165) is 10.2 Å². The van der Waals surface area contributed by atoms with Crippen LogP contribution in [0.25, 0.3) is 11.0 Å². The Morgan fingerprint density at radius 1 is 1.54 bits per heavy atom. The van der Waals surface area contributed by atoms with E-state index >= 15 is 0 Å². The van der Waals surface area contributed by atoms with Crippen LogP contribution in [0.2, 0.25) is 0 Å². The minimum atomic E-state index is -1.12. The monoisotopic (exact) mass is 177 g/mol. The molecule has 0 bridgehead atoms. The van der Waals surface area contributed by atoms with Crippen LogP contribution in [0.4, 0.5) is 4.79 Å². The first-order valence-electron chi connectivity index (χ1n) is 3.74. The number of aromatic nitrogens is 3. The molecule has 0 fully saturated rings. The second-order valence-corrected chi connectivity index (χ2v) is 2.73. The fraction of sp³-hybridized carbons (Fsp3) is 0.125. The van der Waals surface area contributed by atoms with E-state index in [0.29, 0.717) is 11.0 Å². The molecule has 1 N–H and O–H groups in total. The number of benzene rings is 1. The smallest absolute Gasteiger partial charge is 0.434 e. The third-order valence-corrected chi connectivity index (χ3v) is 1.86. The Labute approximate surface area is 73.6 Å². The van der Waals surface area contributed by atoms with Crippen LogP contribution in [-0.4, -0.2) is 26.2 Å². The van der Waals surface area contributed by atoms with Crippen LogP contribution in [0.15, 0.2) is 18.2 Å². The molecule has 0 saturated carbocycles. The molecule has 0 aliphatic heterocycles. The number of fused-ring (bicyclic) bond motifs is 1. The molecule has 5 heteroatoms. The molecule has 1 heterocycles. The molecule has 2 rings (SSSR count). The van der Waals surface area contributed by atoms with Crippen LogP contribution in [0.3, 0.4) is 0 Å². The van der Waals surface area contributed by atoms with Crippen molar-refractivity contribution < 1.29 is 9.90 Å². The Morgan fingerprint density at radius 2 is 2.31 bits per heavy atom. The molecule has 2 aromatic rings. The zero-order valence-corrected chi connectivity index (χ0v) is 6.93. The molecule has 0 aliphatic rings. The maximum absolute atomic E-state index is 10.6. The molecule has 1 aromatic heterocycles. The lowest BCUT2D eigenvalue weighted by atomic mass is 10.2. The summed E-state index contributed by atoms with van der Waals surface area (Å²) in [4.78, 5) is 10.6. The SMILES string of the molecule is Cc1cccc2c1nnn2C(=O)O. The van der Waals surface area contributed by atoms with Gasteiger partial charge >= 0.3 is 6.09 Å². The van der Waals surface area contributed by atoms with E-state index in [1.54, 1.807) is 12.1 Å². The lowest BCUT2D eigenvalue weighted by molar-refractivity contribution is 0.193. The third-order valence-electron chi connectivity index (χ3n) is 1.86. The molecule has 0 amide bonds. The highest BCUT2D eigenvalue weighted by molar-refractivity contribution is 5.85. The van der Waals surface area contributed by atoms with Gasteiger partial charge in [-0.2, -0.15) is 0 Å². The molecule has 0 spiro atoms. The highest BCUT2D eigenvalue weighted by Gasteiger charge is 2.10. The van der Waals surface area contributed by atoms with Gasteiger partial charge in [0.2, 0.25) is 0 Å². The fourth-order valence-corrected chi connectivity index (χ4v) is 1.22. The quantitative estimate of drug-likeness (QED) is 0.657. The highest BCUT2D eigenvalue weighted by Crippen LogP contribution is 2.14. The van der Waals surface area contributed by atoms with Crippen LogP contribution in [0.5, 0.6) is 0 Å². The largest absolute Gasteiger partial charge is 0.463 e. The van der Waals surface area contributed by atoms with Crippen LogP contribution >= 0.6 is 0 Å². The van der Waals surface area contributed by atoms with E-state index in [9.17, 15) is 4.79 Å². The van der Waals surface area contributed by atoms with Crippen molar-refractivity contribution in [1.29, 1.82) is 0 Å². The van der Waals surface area contributed by atoms with Crippen molar-refractivity contribution in [3.63, 3.8) is 0 Å². The molecule has 0 saturated heterocycles. The van der Waals surface area contributed by atoms with Gasteiger partial charge in [0.15, 0.2) is 0 Å². The van der Waals surface area contributed by atoms with E-state index < -0.39 is 6.09 Å². The van der Waals surface area contributed by atoms with E-state index in [-0.39, 0.29) is 0 Å². The van der Waals surface area contributed by atoms with E-state index in [4.69, 9.17) is 5.11 Å². The molecule has 13 heavy (non-hydrogen) atoms. The van der Waals surface area contributed by atoms with Crippen molar-refractivity contribution in [3.05, 3.63) is 23.8 Å². The van der Waals surface area contributed by atoms with Gasteiger partial charge in [-0.1, -0.05) is 17.3 Å². The second-order valence-electron chi connectivity index (χ2n) is 2.73. The van der Waals surface area contributed by atoms with Crippen molar-refractivity contribution in [2.45, 2.75) is 6.92 Å². The zero-order valence-electron chi connectivity index (χ0n) is 6.93. The van der Waals surface area contributed by atoms with Gasteiger partial charge < -0.3 is 5.11 Å². The predicted octanol–water partition coefficient (Wildman–Crippen LogP) is 1.27. The van der Waals surface area contributed by atoms with Gasteiger partial charge in [0.25, 0.3) is 0 Å². The summed E-state index contributed by atoms with van der Waals surface area (Å²) in [5, 5.41) is 16.0. The number of aryl methyl sites for hydroxylation is 1. The van der Waals surface area contributed by atoms with E-state index in [1.807, 2.05) is 13.0 Å². The molecule has 5 nitrogen and oxygen atoms in total. The Balaban J connectivity index is 2.83. The molecule has 1 aromatic carbocycles. The summed E-state index contributed by atoms with van der Waals surface area (Å²) in [5.74, 6) is 0. The number of nitrogens with zero attached hydrogens (tertiary/aromatic N) is 3. The van der Waals surface area contributed by atoms with Crippen molar-refractivity contribution in [3.8, 4) is 0 Å². The molecule has 0 radical (unpaired) electrons. The summed E-state index contributed by atoms with van der Waals surface area (Å²) < 4.78 is 0.863. The minimum Gasteiger partial charge on any atom is -0.463 e. The van der Waals surface area contributed by atoms with Gasteiger partial charge in [-0.05, 0) is 18.6 Å². The standard InChI is InChI=1S/C8H7N3O2/c1-5-3-2-4-6-7(5)9-10-11(6)8(12)13/h2-4H,1H3,(H,12,13). The second kappa shape index (κ2) is 2.55. The summed E-state index contributed by atoms with van der Waals surface area (Å²) in [6.45, 7) is 1.86. The van der Waals surface area contributed by atoms with Gasteiger partial charge in [0.05, 0.1) is 0 Å². The first-order valence-corrected chi connectivity index (χ1v) is 3.74. The predicted molar refractivity (Wildman–Crippen MR) is 45.7 cm³/mol. The maximum atomic E-state index is 10.6. The lowest BCUT2D eigenvalue weighted by Crippen LogP contribution is -2.09. The molecule has 0 atom stereocenters. The third kappa shape index (κ3) is 1.05. The van der Waals surface area contributed by atoms with Crippen LogP contribution < -0.4 is 0 Å². The van der Waals surface area contributed by atoms with Crippen LogP contribution in [-0.2, 0) is 0 Å². The Bertz CT molecular complexity index is 475. The topological polar surface area (TPSA) is 68.0 Å². The number of rotatable bonds is 0. The van der Waals surface area contributed by atoms with Gasteiger partial charge in [-0.3, -0.25) is 0 Å². The number of hydrogen-bond donors (Lipinski definition) is 1. The number of carbonyl (C=O) groups is 1. The van der Waals surface area contributed by atoms with Crippen LogP contribution in [0.1, 0.15) is 5.56 Å². The van der Waals surface area contributed by atoms with Crippen molar-refractivity contribution in [2.24, 2.45) is 0 Å². The molecular weight excluding hydrogens is 170 g/mol. The lowest BCUT2D eigenvalue weighted by Gasteiger charge is -1.94. The van der Waals surface area contributed by atoms with Crippen molar-refractivity contribution >= 4 is 17.1 Å². The van der Waals surface area contributed by atoms with E-state index in [1.165, 1.54) is 0 Å². The maximum Gasteiger partial charge on any atom is 0.434 e. The summed E-state index contributed by atoms with van der Waals surface area (Å²) in [7, 11) is 0. The summed E-state index contributed by atoms with van der Waals surface area (Å²) in [6, 6.07) is 5.32. The summed E-state index contributed by atoms with van der Waals surface area (Å²) in [5.41, 5.74) is 2.07. The minimum absolute atomic E-state index is 0.521. The van der Waals surface area contributed by atoms with Crippen LogP contribution in [0, 0.1) is 6.92 Å². The van der Waals surface area contributed by atoms with Crippen molar-refractivity contribution in [1.82, 2.24) is 15.0 Å². The molecular formula is C8H7N3O2. The summed E-state index contributed by atoms with van der Waals surface area (Å²) >= 11 is 0. The van der Waals surface area contributed by atoms with E-state index in [2.05, 4.69) is 10.3 Å². The summed E-state index contributed by atoms with van der Waals surface area (Å²) in [6.07, 6.45) is -1.12. The molecule has 0 aliphatic carbocycles. The first kappa shape index (κ1) is 7.72. The van der Waals surface area contributed by atoms with Gasteiger partial charge in [-0.25, -0.2) is 4.79 Å². The number of hydrogen-bond acceptors (Lipinski definition) is 3. The van der Waals surface area contributed by atoms with Gasteiger partial charge in [0.1, 0.15) is 11.0 Å². The molecule has 0 unspecified atom stereocenters. The number of carboxylic acid groups (broad SMARTS) is 1. The average Bonchev–Trinajstić information content (AvgIpc) is 2.48. The highest BCUT2D eigenvalue weighted by atomic mass is 16.4. The Kier molecular flexibility index (Phi) is 1.51. The first-order chi connectivity index (χ1) is 6.20. The normalized spacial score (nSPS) is 10.5. The van der Waals surface area contributed by atoms with Gasteiger partial charge in [-0.15, -0.1) is 9.78 Å². The Morgan fingerprint density at radius 3 is 3.00 bits per heavy atom. The Hall–Kier alpha value is -1.91. The molecule has 66 valence electrons. The van der Waals surface area contributed by atoms with Crippen molar-refractivity contribution in [2.75, 3.05) is 0 Å².